The van der Waals surface area contributed by atoms with Gasteiger partial charge < -0.3 is 10.5 Å². The van der Waals surface area contributed by atoms with Crippen LogP contribution in [0.3, 0.4) is 0 Å². The number of hydrogen-bond donors (Lipinski definition) is 1. The van der Waals surface area contributed by atoms with E-state index in [0.29, 0.717) is 30.9 Å². The fourth-order valence-corrected chi connectivity index (χ4v) is 4.35. The zero-order chi connectivity index (χ0) is 15.5. The number of nitrogens with two attached hydrogens (primary N) is 1. The van der Waals surface area contributed by atoms with E-state index in [4.69, 9.17) is 22.7 Å². The summed E-state index contributed by atoms with van der Waals surface area (Å²) in [6.07, 6.45) is 0.742. The number of sulfonamides is 1. The van der Waals surface area contributed by atoms with E-state index in [0.717, 1.165) is 6.42 Å². The van der Waals surface area contributed by atoms with Crippen LogP contribution < -0.4 is 5.73 Å². The fourth-order valence-electron chi connectivity index (χ4n) is 2.44. The Hall–Kier alpha value is -1.02. The van der Waals surface area contributed by atoms with Crippen LogP contribution in [-0.4, -0.2) is 43.5 Å². The third-order valence-corrected chi connectivity index (χ3v) is 5.69. The second-order valence-electron chi connectivity index (χ2n) is 5.07. The number of morpholine rings is 1. The van der Waals surface area contributed by atoms with Gasteiger partial charge in [-0.25, -0.2) is 8.42 Å². The predicted molar refractivity (Wildman–Crippen MR) is 86.6 cm³/mol. The summed E-state index contributed by atoms with van der Waals surface area (Å²) in [4.78, 5) is 0.270. The van der Waals surface area contributed by atoms with Gasteiger partial charge in [-0.1, -0.05) is 37.3 Å². The summed E-state index contributed by atoms with van der Waals surface area (Å²) >= 11 is 4.93. The average Bonchev–Trinajstić information content (AvgIpc) is 2.47. The molecule has 7 heteroatoms. The lowest BCUT2D eigenvalue weighted by Gasteiger charge is -2.34. The van der Waals surface area contributed by atoms with Crippen LogP contribution >= 0.6 is 12.2 Å². The zero-order valence-electron chi connectivity index (χ0n) is 12.0. The van der Waals surface area contributed by atoms with Crippen molar-refractivity contribution in [1.82, 2.24) is 4.31 Å². The Bertz CT molecular complexity index is 616. The number of nitrogens with zero attached hydrogens (tertiary/aromatic N) is 1. The largest absolute Gasteiger partial charge is 0.389 e. The summed E-state index contributed by atoms with van der Waals surface area (Å²) < 4.78 is 32.1. The molecule has 1 atom stereocenters. The van der Waals surface area contributed by atoms with Crippen LogP contribution in [0.15, 0.2) is 24.3 Å². The number of rotatable bonds is 5. The summed E-state index contributed by atoms with van der Waals surface area (Å²) in [6, 6.07) is 6.99. The Morgan fingerprint density at radius 1 is 1.52 bits per heavy atom. The second-order valence-corrected chi connectivity index (χ2v) is 7.43. The molecule has 2 rings (SSSR count). The minimum Gasteiger partial charge on any atom is -0.389 e. The van der Waals surface area contributed by atoms with Gasteiger partial charge in [0.1, 0.15) is 4.99 Å². The molecule has 1 heterocycles. The molecule has 116 valence electrons. The Balaban J connectivity index is 2.20. The molecule has 1 aromatic rings. The number of benzene rings is 1. The SMILES string of the molecule is CCC1COCCN1S(=O)(=O)Cc1cccc(C(N)=S)c1. The maximum Gasteiger partial charge on any atom is 0.218 e. The van der Waals surface area contributed by atoms with Gasteiger partial charge in [0, 0.05) is 18.2 Å². The van der Waals surface area contributed by atoms with Crippen molar-refractivity contribution in [2.24, 2.45) is 5.73 Å². The monoisotopic (exact) mass is 328 g/mol. The second kappa shape index (κ2) is 6.83. The molecular weight excluding hydrogens is 308 g/mol. The summed E-state index contributed by atoms with van der Waals surface area (Å²) in [5.74, 6) is -0.0417. The lowest BCUT2D eigenvalue weighted by molar-refractivity contribution is 0.0313. The molecule has 0 aliphatic carbocycles. The van der Waals surface area contributed by atoms with E-state index in [1.54, 1.807) is 28.6 Å². The third kappa shape index (κ3) is 4.00. The normalized spacial score (nSPS) is 20.3. The van der Waals surface area contributed by atoms with Gasteiger partial charge in [-0.15, -0.1) is 0 Å². The molecular formula is C14H20N2O3S2. The van der Waals surface area contributed by atoms with E-state index in [-0.39, 0.29) is 16.8 Å². The maximum absolute atomic E-state index is 12.6. The highest BCUT2D eigenvalue weighted by Gasteiger charge is 2.31. The van der Waals surface area contributed by atoms with Crippen LogP contribution in [0.4, 0.5) is 0 Å². The Morgan fingerprint density at radius 3 is 2.95 bits per heavy atom. The van der Waals surface area contributed by atoms with Gasteiger partial charge in [0.05, 0.1) is 19.0 Å². The van der Waals surface area contributed by atoms with Crippen molar-refractivity contribution in [1.29, 1.82) is 0 Å². The van der Waals surface area contributed by atoms with Gasteiger partial charge in [-0.3, -0.25) is 0 Å². The zero-order valence-corrected chi connectivity index (χ0v) is 13.6. The molecule has 0 spiro atoms. The van der Waals surface area contributed by atoms with Gasteiger partial charge in [0.25, 0.3) is 0 Å². The topological polar surface area (TPSA) is 72.6 Å². The molecule has 1 aliphatic rings. The van der Waals surface area contributed by atoms with E-state index in [2.05, 4.69) is 0 Å². The Morgan fingerprint density at radius 2 is 2.29 bits per heavy atom. The molecule has 0 aromatic heterocycles. The van der Waals surface area contributed by atoms with Crippen LogP contribution in [0.1, 0.15) is 24.5 Å². The van der Waals surface area contributed by atoms with Gasteiger partial charge in [-0.2, -0.15) is 4.31 Å². The first-order valence-corrected chi connectivity index (χ1v) is 8.92. The minimum absolute atomic E-state index is 0.0417. The van der Waals surface area contributed by atoms with E-state index in [9.17, 15) is 8.42 Å². The van der Waals surface area contributed by atoms with E-state index < -0.39 is 10.0 Å². The predicted octanol–water partition coefficient (Wildman–Crippen LogP) is 1.26. The first-order valence-electron chi connectivity index (χ1n) is 6.90. The lowest BCUT2D eigenvalue weighted by atomic mass is 10.1. The van der Waals surface area contributed by atoms with Crippen molar-refractivity contribution in [3.63, 3.8) is 0 Å². The Labute approximate surface area is 131 Å². The smallest absolute Gasteiger partial charge is 0.218 e. The minimum atomic E-state index is -3.37. The van der Waals surface area contributed by atoms with Crippen LogP contribution in [0.5, 0.6) is 0 Å². The van der Waals surface area contributed by atoms with Gasteiger partial charge in [-0.05, 0) is 18.1 Å². The standard InChI is InChI=1S/C14H20N2O3S2/c1-2-13-9-19-7-6-16(13)21(17,18)10-11-4-3-5-12(8-11)14(15)20/h3-5,8,13H,2,6-7,9-10H2,1H3,(H2,15,20). The van der Waals surface area contributed by atoms with Crippen molar-refractivity contribution in [3.05, 3.63) is 35.4 Å². The summed E-state index contributed by atoms with van der Waals surface area (Å²) in [6.45, 7) is 3.29. The van der Waals surface area contributed by atoms with Crippen molar-refractivity contribution in [3.8, 4) is 0 Å². The number of hydrogen-bond acceptors (Lipinski definition) is 4. The molecule has 1 aliphatic heterocycles. The number of thiocarbonyl (C=S) groups is 1. The van der Waals surface area contributed by atoms with E-state index in [1.807, 2.05) is 6.92 Å². The molecule has 1 unspecified atom stereocenters. The molecule has 21 heavy (non-hydrogen) atoms. The molecule has 1 aromatic carbocycles. The van der Waals surface area contributed by atoms with Crippen LogP contribution in [-0.2, 0) is 20.5 Å². The molecule has 1 saturated heterocycles. The van der Waals surface area contributed by atoms with E-state index in [1.165, 1.54) is 0 Å². The molecule has 0 bridgehead atoms. The highest BCUT2D eigenvalue weighted by molar-refractivity contribution is 7.88. The van der Waals surface area contributed by atoms with Crippen LogP contribution in [0.2, 0.25) is 0 Å². The molecule has 0 amide bonds. The molecule has 0 radical (unpaired) electrons. The average molecular weight is 328 g/mol. The summed E-state index contributed by atoms with van der Waals surface area (Å²) in [5.41, 5.74) is 6.97. The van der Waals surface area contributed by atoms with Crippen molar-refractivity contribution in [2.45, 2.75) is 25.1 Å². The quantitative estimate of drug-likeness (QED) is 0.824. The van der Waals surface area contributed by atoms with Gasteiger partial charge in [0.15, 0.2) is 0 Å². The van der Waals surface area contributed by atoms with Gasteiger partial charge in [0.2, 0.25) is 10.0 Å². The van der Waals surface area contributed by atoms with Crippen LogP contribution in [0, 0.1) is 0 Å². The molecule has 5 nitrogen and oxygen atoms in total. The van der Waals surface area contributed by atoms with Gasteiger partial charge >= 0.3 is 0 Å². The van der Waals surface area contributed by atoms with Crippen molar-refractivity contribution in [2.75, 3.05) is 19.8 Å². The third-order valence-electron chi connectivity index (χ3n) is 3.56. The summed E-state index contributed by atoms with van der Waals surface area (Å²) in [7, 11) is -3.37. The van der Waals surface area contributed by atoms with Crippen molar-refractivity contribution < 1.29 is 13.2 Å². The highest BCUT2D eigenvalue weighted by Crippen LogP contribution is 2.19. The van der Waals surface area contributed by atoms with Crippen LogP contribution in [0.25, 0.3) is 0 Å². The van der Waals surface area contributed by atoms with Crippen molar-refractivity contribution >= 4 is 27.2 Å². The first kappa shape index (κ1) is 16.4. The maximum atomic E-state index is 12.6. The Kier molecular flexibility index (Phi) is 5.32. The molecule has 2 N–H and O–H groups in total. The summed E-state index contributed by atoms with van der Waals surface area (Å²) in [5, 5.41) is 0. The van der Waals surface area contributed by atoms with E-state index >= 15 is 0 Å². The lowest BCUT2D eigenvalue weighted by Crippen LogP contribution is -2.48. The first-order chi connectivity index (χ1) is 9.94. The molecule has 0 saturated carbocycles. The number of ether oxygens (including phenoxy) is 1. The highest BCUT2D eigenvalue weighted by atomic mass is 32.2. The fraction of sp³-hybridized carbons (Fsp3) is 0.500. The molecule has 1 fully saturated rings.